The number of hydrogen-bond acceptors (Lipinski definition) is 6. The lowest BCUT2D eigenvalue weighted by Crippen LogP contribution is -2.15. The fourth-order valence-electron chi connectivity index (χ4n) is 1.32. The van der Waals surface area contributed by atoms with Crippen LogP contribution in [0.4, 0.5) is 0 Å². The second-order valence-corrected chi connectivity index (χ2v) is 6.37. The highest BCUT2D eigenvalue weighted by atomic mass is 32.2. The van der Waals surface area contributed by atoms with E-state index in [1.54, 1.807) is 18.2 Å². The zero-order valence-corrected chi connectivity index (χ0v) is 14.2. The first-order chi connectivity index (χ1) is 11.9. The van der Waals surface area contributed by atoms with Crippen LogP contribution in [0, 0.1) is 0 Å². The summed E-state index contributed by atoms with van der Waals surface area (Å²) >= 11 is 0. The first-order valence-corrected chi connectivity index (χ1v) is 8.96. The largest absolute Gasteiger partial charge is 0.297 e. The van der Waals surface area contributed by atoms with Crippen molar-refractivity contribution in [3.05, 3.63) is 62.4 Å². The topological polar surface area (TPSA) is 252 Å². The molecule has 0 aromatic heterocycles. The second-order valence-electron chi connectivity index (χ2n) is 3.99. The Bertz CT molecular complexity index is 987. The Balaban J connectivity index is 0.000000390. The normalized spacial score (nSPS) is 12.1. The van der Waals surface area contributed by atoms with Gasteiger partial charge < -0.3 is 0 Å². The Labute approximate surface area is 146 Å². The Kier molecular flexibility index (Phi) is 8.66. The lowest BCUT2D eigenvalue weighted by atomic mass is 9.96. The molecule has 138 valence electrons. The number of carbonyl (C=O) groups is 2. The maximum Gasteiger partial charge on any atom is 0.297 e. The van der Waals surface area contributed by atoms with Crippen LogP contribution in [0.15, 0.2) is 39.4 Å². The first-order valence-electron chi connectivity index (χ1n) is 5.95. The highest BCUT2D eigenvalue weighted by molar-refractivity contribution is 7.87. The number of nitrogens with zero attached hydrogens (tertiary/aromatic N) is 6. The molecule has 1 aromatic carbocycles. The summed E-state index contributed by atoms with van der Waals surface area (Å²) in [5, 5.41) is 8.40. The molecule has 1 aliphatic rings. The first kappa shape index (κ1) is 22.7. The van der Waals surface area contributed by atoms with Crippen molar-refractivity contribution in [2.45, 2.75) is 0 Å². The number of Topliss-reactive ketones (excluding diaryl/α,β-unsaturated/α-hetero) is 1. The number of ketones is 2. The van der Waals surface area contributed by atoms with Gasteiger partial charge in [-0.25, -0.2) is 27.1 Å². The van der Waals surface area contributed by atoms with E-state index in [-0.39, 0.29) is 0 Å². The van der Waals surface area contributed by atoms with Gasteiger partial charge in [-0.05, 0) is 22.7 Å². The summed E-state index contributed by atoms with van der Waals surface area (Å²) in [6.45, 7) is 0. The minimum atomic E-state index is -3.97. The summed E-state index contributed by atoms with van der Waals surface area (Å²) in [7, 11) is -7.93. The van der Waals surface area contributed by atoms with Crippen LogP contribution in [0.25, 0.3) is 27.0 Å². The summed E-state index contributed by atoms with van der Waals surface area (Å²) < 4.78 is 42.7. The molecule has 0 heterocycles. The molecule has 0 amide bonds. The van der Waals surface area contributed by atoms with Gasteiger partial charge in [-0.2, -0.15) is 0 Å². The molecule has 14 nitrogen and oxygen atoms in total. The summed E-state index contributed by atoms with van der Waals surface area (Å²) in [5.74, 6) is -0.846. The van der Waals surface area contributed by atoms with E-state index in [0.717, 1.165) is 5.56 Å². The van der Waals surface area contributed by atoms with E-state index < -0.39 is 32.0 Å². The molecule has 2 rings (SSSR count). The molecule has 16 heteroatoms. The van der Waals surface area contributed by atoms with Crippen LogP contribution in [-0.2, 0) is 25.2 Å². The van der Waals surface area contributed by atoms with Crippen LogP contribution in [-0.4, -0.2) is 28.4 Å². The van der Waals surface area contributed by atoms with Crippen molar-refractivity contribution >= 4 is 38.1 Å². The van der Waals surface area contributed by atoms with Crippen molar-refractivity contribution in [3.63, 3.8) is 0 Å². The zero-order valence-electron chi connectivity index (χ0n) is 12.6. The molecular weight excluding hydrogens is 392 g/mol. The second kappa shape index (κ2) is 9.90. The van der Waals surface area contributed by atoms with Crippen LogP contribution in [0.3, 0.4) is 0 Å². The molecule has 0 atom stereocenters. The zero-order chi connectivity index (χ0) is 20.4. The number of allylic oxidation sites excluding steroid dienone is 1. The maximum absolute atomic E-state index is 11.2. The van der Waals surface area contributed by atoms with E-state index in [2.05, 4.69) is 19.3 Å². The summed E-state index contributed by atoms with van der Waals surface area (Å²) in [6.07, 6.45) is 2.98. The molecule has 0 radical (unpaired) electrons. The Morgan fingerprint density at radius 2 is 1.31 bits per heavy atom. The van der Waals surface area contributed by atoms with Gasteiger partial charge in [0, 0.05) is 24.4 Å². The fraction of sp³-hybridized carbons (Fsp3) is 0. The van der Waals surface area contributed by atoms with Gasteiger partial charge in [0.2, 0.25) is 11.6 Å². The van der Waals surface area contributed by atoms with Gasteiger partial charge in [-0.3, -0.25) is 9.59 Å². The number of fused-ring (bicyclic) bond motifs is 1. The molecule has 0 fully saturated rings. The van der Waals surface area contributed by atoms with Gasteiger partial charge in [0.25, 0.3) is 20.4 Å². The molecule has 0 saturated carbocycles. The monoisotopic (exact) mass is 402 g/mol. The lowest BCUT2D eigenvalue weighted by molar-refractivity contribution is -0.110. The van der Waals surface area contributed by atoms with Gasteiger partial charge in [0.1, 0.15) is 0 Å². The molecule has 1 aromatic rings. The predicted molar refractivity (Wildman–Crippen MR) is 89.3 cm³/mol. The third-order valence-electron chi connectivity index (χ3n) is 2.14. The van der Waals surface area contributed by atoms with Crippen molar-refractivity contribution in [1.29, 1.82) is 0 Å². The van der Waals surface area contributed by atoms with Gasteiger partial charge in [-0.1, -0.05) is 30.3 Å². The average Bonchev–Trinajstić information content (AvgIpc) is 2.50. The molecule has 4 N–H and O–H groups in total. The van der Waals surface area contributed by atoms with E-state index in [4.69, 9.17) is 11.1 Å². The summed E-state index contributed by atoms with van der Waals surface area (Å²) in [5.41, 5.74) is 16.1. The molecule has 0 saturated heterocycles. The van der Waals surface area contributed by atoms with Crippen molar-refractivity contribution < 1.29 is 26.4 Å². The molecule has 0 spiro atoms. The Hall–Kier alpha value is -3.26. The van der Waals surface area contributed by atoms with E-state index in [9.17, 15) is 26.4 Å². The maximum atomic E-state index is 11.2. The van der Waals surface area contributed by atoms with Gasteiger partial charge in [0.15, 0.2) is 0 Å². The smallest absolute Gasteiger partial charge is 0.286 e. The standard InChI is InChI=1S/C10H6O2.2H2N4O2S/c11-9-6-5-7-3-1-2-4-8(7)10(9)12;2*1-3-4-7(2,5)6/h1-6H;2*(H2,2,5,6). The molecular formula is C10H10N8O6S2. The van der Waals surface area contributed by atoms with E-state index in [0.29, 0.717) is 5.56 Å². The third-order valence-corrected chi connectivity index (χ3v) is 2.75. The molecule has 1 aliphatic carbocycles. The minimum absolute atomic E-state index is 0.409. The quantitative estimate of drug-likeness (QED) is 0.307. The van der Waals surface area contributed by atoms with Gasteiger partial charge in [0.05, 0.1) is 0 Å². The van der Waals surface area contributed by atoms with Gasteiger partial charge in [-0.15, -0.1) is 0 Å². The van der Waals surface area contributed by atoms with Crippen molar-refractivity contribution in [2.24, 2.45) is 19.3 Å². The van der Waals surface area contributed by atoms with E-state index >= 15 is 0 Å². The van der Waals surface area contributed by atoms with Gasteiger partial charge >= 0.3 is 0 Å². The number of azide groups is 2. The van der Waals surface area contributed by atoms with Crippen LogP contribution < -0.4 is 10.3 Å². The summed E-state index contributed by atoms with van der Waals surface area (Å²) in [4.78, 5) is 26.0. The SMILES string of the molecule is O=C1C=Cc2ccccc2C1=O.[N-]=[N+]=NS(N)(=O)=O.[N-]=[N+]=NS(N)(=O)=O. The number of carbonyl (C=O) groups excluding carboxylic acids is 2. The molecule has 0 aliphatic heterocycles. The highest BCUT2D eigenvalue weighted by Crippen LogP contribution is 2.16. The van der Waals surface area contributed by atoms with Crippen molar-refractivity contribution in [3.8, 4) is 0 Å². The van der Waals surface area contributed by atoms with Crippen LogP contribution in [0.1, 0.15) is 15.9 Å². The third kappa shape index (κ3) is 9.78. The number of hydrogen-bond donors (Lipinski definition) is 2. The minimum Gasteiger partial charge on any atom is -0.286 e. The molecule has 0 bridgehead atoms. The average molecular weight is 402 g/mol. The van der Waals surface area contributed by atoms with E-state index in [1.807, 2.05) is 22.0 Å². The van der Waals surface area contributed by atoms with Crippen LogP contribution in [0.2, 0.25) is 0 Å². The number of nitrogens with two attached hydrogens (primary N) is 2. The number of rotatable bonds is 2. The molecule has 26 heavy (non-hydrogen) atoms. The number of benzene rings is 1. The van der Waals surface area contributed by atoms with E-state index in [1.165, 1.54) is 6.08 Å². The van der Waals surface area contributed by atoms with Crippen molar-refractivity contribution in [2.75, 3.05) is 0 Å². The van der Waals surface area contributed by atoms with Crippen LogP contribution in [0.5, 0.6) is 0 Å². The van der Waals surface area contributed by atoms with Crippen LogP contribution >= 0.6 is 0 Å². The fourth-order valence-corrected chi connectivity index (χ4v) is 1.53. The molecule has 0 unspecified atom stereocenters. The Morgan fingerprint density at radius 1 is 0.846 bits per heavy atom. The predicted octanol–water partition coefficient (Wildman–Crippen LogP) is 0.466. The van der Waals surface area contributed by atoms with Crippen molar-refractivity contribution in [1.82, 2.24) is 0 Å². The highest BCUT2D eigenvalue weighted by Gasteiger charge is 2.19. The summed E-state index contributed by atoms with van der Waals surface area (Å²) in [6, 6.07) is 7.07. The lowest BCUT2D eigenvalue weighted by Gasteiger charge is -2.06. The Morgan fingerprint density at radius 3 is 1.69 bits per heavy atom.